The fourth-order valence-corrected chi connectivity index (χ4v) is 0.200. The second-order valence-corrected chi connectivity index (χ2v) is 1.63. The van der Waals surface area contributed by atoms with Crippen LogP contribution in [0.3, 0.4) is 0 Å². The molecule has 0 atom stereocenters. The van der Waals surface area contributed by atoms with Gasteiger partial charge in [0.25, 0.3) is 0 Å². The summed E-state index contributed by atoms with van der Waals surface area (Å²) in [4.78, 5) is 0. The van der Waals surface area contributed by atoms with Gasteiger partial charge in [-0.05, 0) is 6.42 Å². The normalized spacial score (nSPS) is 12.8. The lowest BCUT2D eigenvalue weighted by atomic mass is 10.1. The van der Waals surface area contributed by atoms with Crippen LogP contribution < -0.4 is 0 Å². The van der Waals surface area contributed by atoms with Crippen LogP contribution in [0.1, 0.15) is 20.3 Å². The van der Waals surface area contributed by atoms with E-state index in [1.807, 2.05) is 0 Å². The van der Waals surface area contributed by atoms with Crippen molar-refractivity contribution in [2.45, 2.75) is 26.4 Å². The molecule has 0 fully saturated rings. The van der Waals surface area contributed by atoms with Gasteiger partial charge in [-0.25, -0.2) is 0 Å². The number of rotatable bonds is 1. The summed E-state index contributed by atoms with van der Waals surface area (Å²) in [7, 11) is 0. The van der Waals surface area contributed by atoms with E-state index in [9.17, 15) is 13.2 Å². The third-order valence-electron chi connectivity index (χ3n) is 1.01. The molecule has 0 nitrogen and oxygen atoms in total. The summed E-state index contributed by atoms with van der Waals surface area (Å²) >= 11 is 0. The Kier molecular flexibility index (Phi) is 2.31. The van der Waals surface area contributed by atoms with Gasteiger partial charge in [0.2, 0.25) is 0 Å². The average Bonchev–Trinajstić information content (AvgIpc) is 1.62. The van der Waals surface area contributed by atoms with E-state index in [0.717, 1.165) is 6.92 Å². The molecule has 0 aromatic rings. The predicted octanol–water partition coefficient (Wildman–Crippen LogP) is 2.55. The molecule has 0 aliphatic carbocycles. The van der Waals surface area contributed by atoms with Gasteiger partial charge in [-0.1, -0.05) is 13.8 Å². The monoisotopic (exact) mass is 125 g/mol. The standard InChI is InChI=1S/C5H8F3/c1-3-4(2)5(6,7)8/h3H2,1-2H3. The summed E-state index contributed by atoms with van der Waals surface area (Å²) in [5, 5.41) is 0. The highest BCUT2D eigenvalue weighted by Crippen LogP contribution is 2.29. The third kappa shape index (κ3) is 2.19. The van der Waals surface area contributed by atoms with E-state index in [1.165, 1.54) is 6.92 Å². The van der Waals surface area contributed by atoms with E-state index >= 15 is 0 Å². The molecule has 0 bridgehead atoms. The van der Waals surface area contributed by atoms with Crippen molar-refractivity contribution in [1.29, 1.82) is 0 Å². The van der Waals surface area contributed by atoms with Gasteiger partial charge in [0.15, 0.2) is 0 Å². The Morgan fingerprint density at radius 3 is 1.75 bits per heavy atom. The van der Waals surface area contributed by atoms with Crippen molar-refractivity contribution < 1.29 is 13.2 Å². The zero-order valence-corrected chi connectivity index (χ0v) is 4.84. The molecule has 0 aliphatic rings. The highest BCUT2D eigenvalue weighted by molar-refractivity contribution is 4.90. The molecule has 0 spiro atoms. The Hall–Kier alpha value is -0.210. The van der Waals surface area contributed by atoms with E-state index in [1.54, 1.807) is 0 Å². The Labute approximate surface area is 46.7 Å². The fraction of sp³-hybridized carbons (Fsp3) is 0.800. The quantitative estimate of drug-likeness (QED) is 0.505. The third-order valence-corrected chi connectivity index (χ3v) is 1.01. The first-order valence-corrected chi connectivity index (χ1v) is 2.38. The summed E-state index contributed by atoms with van der Waals surface area (Å²) in [6.07, 6.45) is -3.99. The van der Waals surface area contributed by atoms with Crippen LogP contribution >= 0.6 is 0 Å². The molecule has 0 saturated heterocycles. The van der Waals surface area contributed by atoms with E-state index in [2.05, 4.69) is 0 Å². The van der Waals surface area contributed by atoms with Gasteiger partial charge in [0.1, 0.15) is 0 Å². The first-order chi connectivity index (χ1) is 3.48. The van der Waals surface area contributed by atoms with E-state index in [0.29, 0.717) is 0 Å². The fourth-order valence-electron chi connectivity index (χ4n) is 0.200. The first kappa shape index (κ1) is 7.79. The van der Waals surface area contributed by atoms with Crippen LogP contribution in [0, 0.1) is 5.92 Å². The Balaban J connectivity index is 3.62. The lowest BCUT2D eigenvalue weighted by Gasteiger charge is -2.10. The molecular weight excluding hydrogens is 117 g/mol. The highest BCUT2D eigenvalue weighted by atomic mass is 19.4. The van der Waals surface area contributed by atoms with Crippen molar-refractivity contribution in [2.24, 2.45) is 0 Å². The minimum atomic E-state index is -4.07. The lowest BCUT2D eigenvalue weighted by molar-refractivity contribution is -0.114. The molecule has 0 N–H and O–H groups in total. The predicted molar refractivity (Wildman–Crippen MR) is 25.3 cm³/mol. The van der Waals surface area contributed by atoms with Crippen molar-refractivity contribution in [3.8, 4) is 0 Å². The van der Waals surface area contributed by atoms with E-state index in [4.69, 9.17) is 0 Å². The molecule has 0 aliphatic heterocycles. The number of hydrogen-bond donors (Lipinski definition) is 0. The van der Waals surface area contributed by atoms with E-state index in [-0.39, 0.29) is 6.42 Å². The second-order valence-electron chi connectivity index (χ2n) is 1.63. The van der Waals surface area contributed by atoms with Crippen molar-refractivity contribution >= 4 is 0 Å². The van der Waals surface area contributed by atoms with Gasteiger partial charge in [-0.15, -0.1) is 0 Å². The maximum atomic E-state index is 11.4. The molecule has 1 radical (unpaired) electrons. The molecule has 0 heterocycles. The van der Waals surface area contributed by atoms with Crippen LogP contribution in [0.4, 0.5) is 13.2 Å². The van der Waals surface area contributed by atoms with Gasteiger partial charge >= 0.3 is 6.18 Å². The van der Waals surface area contributed by atoms with Crippen molar-refractivity contribution in [2.75, 3.05) is 0 Å². The Morgan fingerprint density at radius 2 is 1.75 bits per heavy atom. The zero-order valence-electron chi connectivity index (χ0n) is 4.84. The zero-order chi connectivity index (χ0) is 6.78. The van der Waals surface area contributed by atoms with Gasteiger partial charge in [-0.3, -0.25) is 0 Å². The summed E-state index contributed by atoms with van der Waals surface area (Å²) in [5.41, 5.74) is 0. The summed E-state index contributed by atoms with van der Waals surface area (Å²) in [5.74, 6) is -0.419. The van der Waals surface area contributed by atoms with Crippen LogP contribution in [0.15, 0.2) is 0 Å². The average molecular weight is 125 g/mol. The molecule has 8 heavy (non-hydrogen) atoms. The molecule has 0 amide bonds. The Bertz CT molecular complexity index is 64.6. The van der Waals surface area contributed by atoms with Crippen LogP contribution in [0.5, 0.6) is 0 Å². The molecule has 0 aromatic heterocycles. The van der Waals surface area contributed by atoms with Crippen LogP contribution in [-0.4, -0.2) is 6.18 Å². The van der Waals surface area contributed by atoms with Crippen LogP contribution in [0.2, 0.25) is 0 Å². The summed E-state index contributed by atoms with van der Waals surface area (Å²) in [6, 6.07) is 0. The van der Waals surface area contributed by atoms with Crippen LogP contribution in [0.25, 0.3) is 0 Å². The summed E-state index contributed by atoms with van der Waals surface area (Å²) in [6.45, 7) is 2.59. The smallest absolute Gasteiger partial charge is 0.170 e. The summed E-state index contributed by atoms with van der Waals surface area (Å²) < 4.78 is 34.2. The lowest BCUT2D eigenvalue weighted by Crippen LogP contribution is -2.16. The Morgan fingerprint density at radius 1 is 1.38 bits per heavy atom. The molecule has 0 saturated carbocycles. The molecule has 0 unspecified atom stereocenters. The van der Waals surface area contributed by atoms with Gasteiger partial charge in [-0.2, -0.15) is 13.2 Å². The number of halogens is 3. The van der Waals surface area contributed by atoms with Gasteiger partial charge in [0.05, 0.1) is 5.92 Å². The first-order valence-electron chi connectivity index (χ1n) is 2.38. The van der Waals surface area contributed by atoms with Crippen molar-refractivity contribution in [1.82, 2.24) is 0 Å². The van der Waals surface area contributed by atoms with Crippen molar-refractivity contribution in [3.05, 3.63) is 5.92 Å². The number of hydrogen-bond acceptors (Lipinski definition) is 0. The topological polar surface area (TPSA) is 0 Å². The van der Waals surface area contributed by atoms with E-state index < -0.39 is 12.1 Å². The highest BCUT2D eigenvalue weighted by Gasteiger charge is 2.34. The van der Waals surface area contributed by atoms with Gasteiger partial charge in [0, 0.05) is 0 Å². The molecule has 3 heteroatoms. The molecular formula is C5H8F3. The van der Waals surface area contributed by atoms with Crippen LogP contribution in [-0.2, 0) is 0 Å². The number of alkyl halides is 3. The molecule has 0 aromatic carbocycles. The maximum absolute atomic E-state index is 11.4. The van der Waals surface area contributed by atoms with Crippen molar-refractivity contribution in [3.63, 3.8) is 0 Å². The maximum Gasteiger partial charge on any atom is 0.395 e. The minimum absolute atomic E-state index is 0.0868. The largest absolute Gasteiger partial charge is 0.395 e. The second kappa shape index (κ2) is 2.37. The SMILES string of the molecule is CC[C](C)C(F)(F)F. The minimum Gasteiger partial charge on any atom is -0.170 e. The molecule has 49 valence electrons. The molecule has 0 rings (SSSR count). The van der Waals surface area contributed by atoms with Gasteiger partial charge < -0.3 is 0 Å².